The molecule has 1 rings (SSSR count). The Hall–Kier alpha value is -1.17. The Morgan fingerprint density at radius 2 is 1.79 bits per heavy atom. The van der Waals surface area contributed by atoms with Gasteiger partial charge in [0.1, 0.15) is 0 Å². The Labute approximate surface area is 83.3 Å². The van der Waals surface area contributed by atoms with Crippen LogP contribution in [0.2, 0.25) is 0 Å². The Balaban J connectivity index is 2.95. The summed E-state index contributed by atoms with van der Waals surface area (Å²) >= 11 is 0. The molecular formula is C9H12N2O2S. The largest absolute Gasteiger partial charge is 0.327 e. The first-order valence-electron chi connectivity index (χ1n) is 4.03. The molecule has 76 valence electrons. The van der Waals surface area contributed by atoms with Crippen LogP contribution in [0.4, 0.5) is 0 Å². The summed E-state index contributed by atoms with van der Waals surface area (Å²) in [4.78, 5) is 0.113. The molecule has 0 bridgehead atoms. The molecule has 0 atom stereocenters. The van der Waals surface area contributed by atoms with Crippen LogP contribution >= 0.6 is 0 Å². The first kappa shape index (κ1) is 10.9. The van der Waals surface area contributed by atoms with Crippen LogP contribution in [0.3, 0.4) is 0 Å². The van der Waals surface area contributed by atoms with Gasteiger partial charge in [0.25, 0.3) is 0 Å². The summed E-state index contributed by atoms with van der Waals surface area (Å²) < 4.78 is 21.8. The van der Waals surface area contributed by atoms with Crippen LogP contribution in [-0.4, -0.2) is 15.0 Å². The van der Waals surface area contributed by atoms with Crippen LogP contribution in [0.15, 0.2) is 35.2 Å². The van der Waals surface area contributed by atoms with Crippen molar-refractivity contribution in [2.24, 2.45) is 10.9 Å². The third-order valence-electron chi connectivity index (χ3n) is 1.66. The minimum atomic E-state index is -3.59. The van der Waals surface area contributed by atoms with E-state index in [1.807, 2.05) is 6.08 Å². The first-order valence-corrected chi connectivity index (χ1v) is 5.58. The van der Waals surface area contributed by atoms with Gasteiger partial charge in [-0.2, -0.15) is 0 Å². The second-order valence-electron chi connectivity index (χ2n) is 2.75. The maximum Gasteiger partial charge on any atom is 0.238 e. The van der Waals surface area contributed by atoms with Crippen molar-refractivity contribution in [3.05, 3.63) is 35.9 Å². The zero-order valence-corrected chi connectivity index (χ0v) is 8.37. The van der Waals surface area contributed by atoms with Crippen LogP contribution in [0.1, 0.15) is 5.56 Å². The third-order valence-corrected chi connectivity index (χ3v) is 2.58. The van der Waals surface area contributed by atoms with Crippen molar-refractivity contribution < 1.29 is 8.42 Å². The average molecular weight is 212 g/mol. The van der Waals surface area contributed by atoms with E-state index in [2.05, 4.69) is 0 Å². The van der Waals surface area contributed by atoms with Crippen molar-refractivity contribution in [1.29, 1.82) is 0 Å². The van der Waals surface area contributed by atoms with Crippen LogP contribution in [0.5, 0.6) is 0 Å². The lowest BCUT2D eigenvalue weighted by Crippen LogP contribution is -2.11. The fourth-order valence-corrected chi connectivity index (χ4v) is 1.49. The highest BCUT2D eigenvalue weighted by Crippen LogP contribution is 2.09. The van der Waals surface area contributed by atoms with E-state index in [0.717, 1.165) is 5.56 Å². The molecule has 0 aliphatic rings. The van der Waals surface area contributed by atoms with Crippen molar-refractivity contribution in [3.8, 4) is 0 Å². The van der Waals surface area contributed by atoms with E-state index < -0.39 is 10.0 Å². The van der Waals surface area contributed by atoms with Crippen LogP contribution in [-0.2, 0) is 10.0 Å². The normalized spacial score (nSPS) is 12.1. The highest BCUT2D eigenvalue weighted by molar-refractivity contribution is 7.89. The Morgan fingerprint density at radius 3 is 2.21 bits per heavy atom. The van der Waals surface area contributed by atoms with E-state index >= 15 is 0 Å². The lowest BCUT2D eigenvalue weighted by molar-refractivity contribution is 0.598. The molecule has 5 heteroatoms. The third kappa shape index (κ3) is 2.95. The van der Waals surface area contributed by atoms with Gasteiger partial charge >= 0.3 is 0 Å². The van der Waals surface area contributed by atoms with Gasteiger partial charge in [-0.15, -0.1) is 0 Å². The minimum absolute atomic E-state index is 0.113. The summed E-state index contributed by atoms with van der Waals surface area (Å²) in [5.41, 5.74) is 6.16. The van der Waals surface area contributed by atoms with Crippen LogP contribution < -0.4 is 10.9 Å². The van der Waals surface area contributed by atoms with Crippen molar-refractivity contribution in [2.75, 3.05) is 6.54 Å². The second kappa shape index (κ2) is 4.36. The lowest BCUT2D eigenvalue weighted by Gasteiger charge is -1.97. The molecule has 4 nitrogen and oxygen atoms in total. The van der Waals surface area contributed by atoms with E-state index in [1.54, 1.807) is 18.2 Å². The SMILES string of the molecule is NCC=Cc1ccc(S(N)(=O)=O)cc1. The molecule has 0 fully saturated rings. The van der Waals surface area contributed by atoms with Gasteiger partial charge in [0.15, 0.2) is 0 Å². The highest BCUT2D eigenvalue weighted by atomic mass is 32.2. The Bertz CT molecular complexity index is 421. The maximum atomic E-state index is 10.9. The standard InChI is InChI=1S/C9H12N2O2S/c10-7-1-2-8-3-5-9(6-4-8)14(11,12)13/h1-6H,7,10H2,(H2,11,12,13). The second-order valence-corrected chi connectivity index (χ2v) is 4.31. The highest BCUT2D eigenvalue weighted by Gasteiger charge is 2.05. The molecule has 0 radical (unpaired) electrons. The molecule has 0 aliphatic carbocycles. The number of primary sulfonamides is 1. The minimum Gasteiger partial charge on any atom is -0.327 e. The molecule has 0 aliphatic heterocycles. The zero-order valence-electron chi connectivity index (χ0n) is 7.55. The van der Waals surface area contributed by atoms with Gasteiger partial charge in [0.2, 0.25) is 10.0 Å². The van der Waals surface area contributed by atoms with Gasteiger partial charge in [-0.05, 0) is 17.7 Å². The molecule has 0 spiro atoms. The summed E-state index contributed by atoms with van der Waals surface area (Å²) in [6, 6.07) is 6.27. The molecule has 0 unspecified atom stereocenters. The molecule has 0 amide bonds. The topological polar surface area (TPSA) is 86.2 Å². The first-order chi connectivity index (χ1) is 6.54. The fraction of sp³-hybridized carbons (Fsp3) is 0.111. The van der Waals surface area contributed by atoms with Gasteiger partial charge in [0.05, 0.1) is 4.90 Å². The van der Waals surface area contributed by atoms with Crippen molar-refractivity contribution in [1.82, 2.24) is 0 Å². The molecule has 0 saturated carbocycles. The predicted molar refractivity (Wildman–Crippen MR) is 55.9 cm³/mol. The molecule has 4 N–H and O–H groups in total. The number of hydrogen-bond donors (Lipinski definition) is 2. The van der Waals surface area contributed by atoms with Crippen LogP contribution in [0.25, 0.3) is 6.08 Å². The molecular weight excluding hydrogens is 200 g/mol. The van der Waals surface area contributed by atoms with Crippen molar-refractivity contribution in [2.45, 2.75) is 4.90 Å². The van der Waals surface area contributed by atoms with Crippen molar-refractivity contribution >= 4 is 16.1 Å². The monoisotopic (exact) mass is 212 g/mol. The van der Waals surface area contributed by atoms with Gasteiger partial charge in [-0.1, -0.05) is 24.3 Å². The molecule has 0 aromatic heterocycles. The maximum absolute atomic E-state index is 10.9. The van der Waals surface area contributed by atoms with E-state index in [0.29, 0.717) is 6.54 Å². The van der Waals surface area contributed by atoms with Crippen molar-refractivity contribution in [3.63, 3.8) is 0 Å². The summed E-state index contributed by atoms with van der Waals surface area (Å²) in [6.07, 6.45) is 3.60. The van der Waals surface area contributed by atoms with Gasteiger partial charge < -0.3 is 5.73 Å². The summed E-state index contributed by atoms with van der Waals surface area (Å²) in [5.74, 6) is 0. The summed E-state index contributed by atoms with van der Waals surface area (Å²) in [7, 11) is -3.59. The van der Waals surface area contributed by atoms with Gasteiger partial charge in [0, 0.05) is 6.54 Å². The van der Waals surface area contributed by atoms with E-state index in [1.165, 1.54) is 12.1 Å². The quantitative estimate of drug-likeness (QED) is 0.755. The fourth-order valence-electron chi connectivity index (χ4n) is 0.973. The molecule has 1 aromatic carbocycles. The molecule has 0 saturated heterocycles. The van der Waals surface area contributed by atoms with Crippen LogP contribution in [0, 0.1) is 0 Å². The summed E-state index contributed by atoms with van der Waals surface area (Å²) in [6.45, 7) is 0.455. The number of nitrogens with two attached hydrogens (primary N) is 2. The number of rotatable bonds is 3. The molecule has 14 heavy (non-hydrogen) atoms. The van der Waals surface area contributed by atoms with Gasteiger partial charge in [-0.3, -0.25) is 0 Å². The van der Waals surface area contributed by atoms with E-state index in [-0.39, 0.29) is 4.90 Å². The smallest absolute Gasteiger partial charge is 0.238 e. The predicted octanol–water partition coefficient (Wildman–Crippen LogP) is 0.306. The molecule has 1 aromatic rings. The zero-order chi connectivity index (χ0) is 10.6. The summed E-state index contributed by atoms with van der Waals surface area (Å²) in [5, 5.41) is 4.94. The Kier molecular flexibility index (Phi) is 3.40. The number of hydrogen-bond acceptors (Lipinski definition) is 3. The lowest BCUT2D eigenvalue weighted by atomic mass is 10.2. The Morgan fingerprint density at radius 1 is 1.21 bits per heavy atom. The van der Waals surface area contributed by atoms with Gasteiger partial charge in [-0.25, -0.2) is 13.6 Å². The average Bonchev–Trinajstić information content (AvgIpc) is 2.14. The molecule has 0 heterocycles. The number of sulfonamides is 1. The van der Waals surface area contributed by atoms with E-state index in [4.69, 9.17) is 10.9 Å². The van der Waals surface area contributed by atoms with E-state index in [9.17, 15) is 8.42 Å². The number of benzene rings is 1.